The molecule has 602 valence electrons. The van der Waals surface area contributed by atoms with Gasteiger partial charge in [-0.25, -0.2) is 24.9 Å². The van der Waals surface area contributed by atoms with Gasteiger partial charge >= 0.3 is 0 Å². The van der Waals surface area contributed by atoms with Crippen LogP contribution in [0.2, 0.25) is 15.5 Å². The minimum Gasteiger partial charge on any atom is -0.453 e. The molecule has 0 fully saturated rings. The standard InChI is InChI=1S/C42H22ClN3O2.C36H18ClN3O2.C34H18ClN3S/c43-41-36(45-42-37(44-41)30-17-6-8-19-33(30)47-42)24-11-9-12-25(22-24)46-32-18-7-5-16-29(32)34-27-14-3-4-15-28(27)35-31-21-20-23-10-1-2-13-26(23)39(31)48-40(35)38(34)46;37-34-35(39-36-30(38-34)24-14-6-8-16-27(24)41-36)40-26-15-7-5-13-23(26)28-21-11-3-4-12-22(21)29-25-18-17-19-9-1-2-10-20(19)32(25)42-33(29)31(28)40;35-33-34(37-26-15-7-6-14-25(26)36-33)38-27-16-8-5-13-23(27)29-21-11-3-4-12-22(21)30-24-17-19-9-1-2-10-20(19)18-28(24)39-32(30)31(29)38/h1-22H;1-18H;1-18H. The Balaban J connectivity index is 0.0000000981. The van der Waals surface area contributed by atoms with Gasteiger partial charge in [-0.3, -0.25) is 9.13 Å². The van der Waals surface area contributed by atoms with Crippen molar-refractivity contribution in [1.29, 1.82) is 0 Å². The van der Waals surface area contributed by atoms with E-state index in [1.807, 2.05) is 102 Å². The summed E-state index contributed by atoms with van der Waals surface area (Å²) in [6.07, 6.45) is 0. The van der Waals surface area contributed by atoms with Crippen molar-refractivity contribution in [3.05, 3.63) is 367 Å². The summed E-state index contributed by atoms with van der Waals surface area (Å²) in [5.41, 5.74) is 17.2. The van der Waals surface area contributed by atoms with Crippen LogP contribution in [0, 0.1) is 0 Å². The largest absolute Gasteiger partial charge is 0.453 e. The van der Waals surface area contributed by atoms with Crippen molar-refractivity contribution in [3.63, 3.8) is 0 Å². The van der Waals surface area contributed by atoms with Crippen molar-refractivity contribution in [2.75, 3.05) is 0 Å². The van der Waals surface area contributed by atoms with Gasteiger partial charge in [-0.15, -0.1) is 11.3 Å². The van der Waals surface area contributed by atoms with E-state index in [4.69, 9.17) is 82.4 Å². The second-order valence-corrected chi connectivity index (χ2v) is 35.0. The van der Waals surface area contributed by atoms with Gasteiger partial charge in [0, 0.05) is 102 Å². The predicted molar refractivity (Wildman–Crippen MR) is 534 cm³/mol. The first-order valence-electron chi connectivity index (χ1n) is 42.5. The maximum atomic E-state index is 7.01. The second-order valence-electron chi connectivity index (χ2n) is 32.9. The van der Waals surface area contributed by atoms with Crippen LogP contribution in [0.25, 0.3) is 278 Å². The molecule has 30 rings (SSSR count). The van der Waals surface area contributed by atoms with Crippen LogP contribution in [0.3, 0.4) is 0 Å². The van der Waals surface area contributed by atoms with Gasteiger partial charge in [-0.05, 0) is 145 Å². The molecule has 0 atom stereocenters. The topological polar surface area (TPSA) is 145 Å². The summed E-state index contributed by atoms with van der Waals surface area (Å²) < 4.78 is 35.3. The minimum atomic E-state index is 0.291. The lowest BCUT2D eigenvalue weighted by molar-refractivity contribution is 0.651. The van der Waals surface area contributed by atoms with E-state index >= 15 is 0 Å². The molecule has 0 N–H and O–H groups in total. The molecule has 11 heterocycles. The van der Waals surface area contributed by atoms with Crippen molar-refractivity contribution in [1.82, 2.24) is 43.6 Å². The molecule has 0 aliphatic rings. The second kappa shape index (κ2) is 27.5. The van der Waals surface area contributed by atoms with Gasteiger partial charge in [0.1, 0.15) is 39.1 Å². The van der Waals surface area contributed by atoms with E-state index in [9.17, 15) is 0 Å². The normalized spacial score (nSPS) is 12.3. The fourth-order valence-electron chi connectivity index (χ4n) is 20.6. The number of hydrogen-bond donors (Lipinski definition) is 0. The van der Waals surface area contributed by atoms with Crippen molar-refractivity contribution in [2.24, 2.45) is 0 Å². The molecule has 129 heavy (non-hydrogen) atoms. The highest BCUT2D eigenvalue weighted by Gasteiger charge is 2.31. The molecule has 0 amide bonds. The van der Waals surface area contributed by atoms with E-state index in [1.54, 1.807) is 0 Å². The summed E-state index contributed by atoms with van der Waals surface area (Å²) >= 11 is 22.6. The average molecular weight is 1730 g/mol. The molecule has 0 aliphatic carbocycles. The van der Waals surface area contributed by atoms with Crippen LogP contribution in [0.1, 0.15) is 0 Å². The van der Waals surface area contributed by atoms with Crippen LogP contribution in [0.4, 0.5) is 0 Å². The first-order chi connectivity index (χ1) is 63.7. The molecular formula is C112H58Cl3N9O4S. The highest BCUT2D eigenvalue weighted by atomic mass is 35.5. The van der Waals surface area contributed by atoms with Crippen LogP contribution in [-0.4, -0.2) is 43.6 Å². The third-order valence-electron chi connectivity index (χ3n) is 26.0. The molecule has 0 unspecified atom stereocenters. The highest BCUT2D eigenvalue weighted by molar-refractivity contribution is 7.27. The molecule has 19 aromatic carbocycles. The number of rotatable bonds is 4. The summed E-state index contributed by atoms with van der Waals surface area (Å²) in [5.74, 6) is 1.15. The Morgan fingerprint density at radius 2 is 0.651 bits per heavy atom. The van der Waals surface area contributed by atoms with Gasteiger partial charge in [-0.2, -0.15) is 4.98 Å². The van der Waals surface area contributed by atoms with Crippen molar-refractivity contribution in [2.45, 2.75) is 0 Å². The smallest absolute Gasteiger partial charge is 0.248 e. The molecule has 0 bridgehead atoms. The van der Waals surface area contributed by atoms with Crippen LogP contribution < -0.4 is 0 Å². The van der Waals surface area contributed by atoms with Gasteiger partial charge in [0.15, 0.2) is 38.3 Å². The Kier molecular flexibility index (Phi) is 15.4. The number of benzene rings is 19. The number of furan rings is 4. The number of para-hydroxylation sites is 7. The van der Waals surface area contributed by atoms with Crippen molar-refractivity contribution >= 4 is 296 Å². The minimum absolute atomic E-state index is 0.291. The Labute approximate surface area is 747 Å². The maximum absolute atomic E-state index is 7.01. The number of thiophene rings is 1. The van der Waals surface area contributed by atoms with E-state index in [2.05, 4.69) is 275 Å². The van der Waals surface area contributed by atoms with E-state index < -0.39 is 0 Å². The lowest BCUT2D eigenvalue weighted by Crippen LogP contribution is -2.01. The van der Waals surface area contributed by atoms with Crippen LogP contribution in [0.5, 0.6) is 0 Å². The number of fused-ring (bicyclic) bond motifs is 42. The first-order valence-corrected chi connectivity index (χ1v) is 44.5. The quantitative estimate of drug-likeness (QED) is 0.167. The molecule has 30 aromatic rings. The fourth-order valence-corrected chi connectivity index (χ4v) is 22.6. The van der Waals surface area contributed by atoms with Gasteiger partial charge in [-0.1, -0.05) is 296 Å². The van der Waals surface area contributed by atoms with E-state index in [0.29, 0.717) is 55.2 Å². The zero-order valence-electron chi connectivity index (χ0n) is 67.7. The van der Waals surface area contributed by atoms with Crippen LogP contribution in [-0.2, 0) is 0 Å². The van der Waals surface area contributed by atoms with E-state index in [1.165, 1.54) is 63.3 Å². The highest BCUT2D eigenvalue weighted by Crippen LogP contribution is 2.53. The Hall–Kier alpha value is -16.1. The summed E-state index contributed by atoms with van der Waals surface area (Å²) in [7, 11) is 0. The summed E-state index contributed by atoms with van der Waals surface area (Å²) in [5, 5.41) is 30.7. The first kappa shape index (κ1) is 72.3. The van der Waals surface area contributed by atoms with Crippen LogP contribution in [0.15, 0.2) is 370 Å². The molecule has 0 saturated heterocycles. The van der Waals surface area contributed by atoms with Crippen molar-refractivity contribution in [3.8, 4) is 28.6 Å². The number of hydrogen-bond acceptors (Lipinski definition) is 11. The van der Waals surface area contributed by atoms with Gasteiger partial charge in [0.25, 0.3) is 0 Å². The Morgan fingerprint density at radius 1 is 0.248 bits per heavy atom. The SMILES string of the molecule is Clc1nc2c(nc1-c1cccc(-n3c4ccccc4c4c5ccccc5c5c6ccc7ccccc7c6oc5c43)c1)oc1ccccc12.Clc1nc2c(nc1-n1c3ccccc3c3c4ccccc4c4c5ccc6ccccc6c5oc4c31)oc1ccccc12.Clc1nc2ccccc2nc1-n1c2ccccc2c2c3ccccc3c3c4cc5ccccc5cc4sc3c21. The number of aromatic nitrogens is 9. The lowest BCUT2D eigenvalue weighted by atomic mass is 9.98. The predicted octanol–water partition coefficient (Wildman–Crippen LogP) is 32.4. The third kappa shape index (κ3) is 10.4. The maximum Gasteiger partial charge on any atom is 0.248 e. The van der Waals surface area contributed by atoms with E-state index in [0.717, 1.165) is 175 Å². The van der Waals surface area contributed by atoms with Crippen LogP contribution >= 0.6 is 46.1 Å². The van der Waals surface area contributed by atoms with Crippen molar-refractivity contribution < 1.29 is 17.7 Å². The molecule has 13 nitrogen and oxygen atoms in total. The molecule has 0 spiro atoms. The molecule has 0 saturated carbocycles. The molecule has 17 heteroatoms. The molecule has 0 radical (unpaired) electrons. The molecule has 11 aromatic heterocycles. The average Bonchev–Trinajstić information content (AvgIpc) is 1.54. The zero-order valence-corrected chi connectivity index (χ0v) is 70.8. The molecule has 0 aliphatic heterocycles. The Morgan fingerprint density at radius 3 is 1.21 bits per heavy atom. The van der Waals surface area contributed by atoms with Gasteiger partial charge in [0.05, 0.1) is 48.8 Å². The number of halogens is 3. The van der Waals surface area contributed by atoms with Gasteiger partial charge < -0.3 is 22.2 Å². The number of nitrogens with zero attached hydrogens (tertiary/aromatic N) is 9. The monoisotopic (exact) mass is 1730 g/mol. The fraction of sp³-hybridized carbons (Fsp3) is 0. The summed E-state index contributed by atoms with van der Waals surface area (Å²) in [6, 6.07) is 122. The lowest BCUT2D eigenvalue weighted by Gasteiger charge is -2.11. The summed E-state index contributed by atoms with van der Waals surface area (Å²) in [4.78, 5) is 29.3. The third-order valence-corrected chi connectivity index (χ3v) is 27.9. The zero-order chi connectivity index (χ0) is 84.7. The Bertz CT molecular complexity index is 10200. The van der Waals surface area contributed by atoms with Gasteiger partial charge in [0.2, 0.25) is 11.4 Å². The van der Waals surface area contributed by atoms with E-state index in [-0.39, 0.29) is 0 Å². The molecular weight excluding hydrogens is 1670 g/mol. The summed E-state index contributed by atoms with van der Waals surface area (Å²) in [6.45, 7) is 0.